The molecule has 2 N–H and O–H groups in total. The second kappa shape index (κ2) is 9.21. The summed E-state index contributed by atoms with van der Waals surface area (Å²) in [5, 5.41) is 23.9. The highest BCUT2D eigenvalue weighted by Gasteiger charge is 2.36. The number of halogens is 1. The summed E-state index contributed by atoms with van der Waals surface area (Å²) in [5.41, 5.74) is 1.06. The van der Waals surface area contributed by atoms with Gasteiger partial charge in [0.1, 0.15) is 23.6 Å². The quantitative estimate of drug-likeness (QED) is 0.561. The van der Waals surface area contributed by atoms with E-state index in [1.54, 1.807) is 11.0 Å². The fourth-order valence-corrected chi connectivity index (χ4v) is 6.20. The van der Waals surface area contributed by atoms with Crippen LogP contribution in [0, 0.1) is 0 Å². The van der Waals surface area contributed by atoms with Gasteiger partial charge in [-0.15, -0.1) is 0 Å². The Bertz CT molecular complexity index is 543. The van der Waals surface area contributed by atoms with Crippen molar-refractivity contribution in [3.8, 4) is 5.69 Å². The van der Waals surface area contributed by atoms with Crippen molar-refractivity contribution in [3.63, 3.8) is 0 Å². The highest BCUT2D eigenvalue weighted by molar-refractivity contribution is 7.82. The number of benzene rings is 1. The van der Waals surface area contributed by atoms with Crippen molar-refractivity contribution in [2.24, 2.45) is 0 Å². The van der Waals surface area contributed by atoms with E-state index in [9.17, 15) is 10.2 Å². The van der Waals surface area contributed by atoms with E-state index in [1.807, 2.05) is 12.1 Å². The van der Waals surface area contributed by atoms with E-state index in [2.05, 4.69) is 28.9 Å². The smallest absolute Gasteiger partial charge is 0.138 e. The topological polar surface area (TPSA) is 71.2 Å². The lowest BCUT2D eigenvalue weighted by Crippen LogP contribution is -3.00. The molecule has 1 heterocycles. The summed E-state index contributed by atoms with van der Waals surface area (Å²) in [5.74, 6) is 0. The van der Waals surface area contributed by atoms with Gasteiger partial charge in [0.25, 0.3) is 0 Å². The molecule has 0 radical (unpaired) electrons. The predicted molar refractivity (Wildman–Crippen MR) is 87.0 cm³/mol. The summed E-state index contributed by atoms with van der Waals surface area (Å²) in [6.07, 6.45) is 6.79. The summed E-state index contributed by atoms with van der Waals surface area (Å²) in [6, 6.07) is 8.26. The molecule has 0 aliphatic heterocycles. The molecule has 1 aromatic carbocycles. The molecule has 1 aromatic heterocycles. The molecular weight excluding hydrogens is 321 g/mol. The average Bonchev–Trinajstić information content (AvgIpc) is 3.05. The lowest BCUT2D eigenvalue weighted by molar-refractivity contribution is -0.00000665. The lowest BCUT2D eigenvalue weighted by atomic mass is 10.3. The molecule has 0 aliphatic rings. The number of nitrogens with zero attached hydrogens (tertiary/aromatic N) is 3. The van der Waals surface area contributed by atoms with Gasteiger partial charge in [0.2, 0.25) is 0 Å². The van der Waals surface area contributed by atoms with Gasteiger partial charge in [0.15, 0.2) is 0 Å². The van der Waals surface area contributed by atoms with Crippen LogP contribution in [0.4, 0.5) is 0 Å². The number of aliphatic hydroxyl groups is 2. The van der Waals surface area contributed by atoms with E-state index in [0.29, 0.717) is 0 Å². The minimum absolute atomic E-state index is 0. The van der Waals surface area contributed by atoms with Gasteiger partial charge in [-0.3, -0.25) is 0 Å². The number of hydrogen-bond donors (Lipinski definition) is 2. The molecule has 0 bridgehead atoms. The summed E-state index contributed by atoms with van der Waals surface area (Å²) < 4.78 is 1.80. The van der Waals surface area contributed by atoms with Crippen molar-refractivity contribution in [3.05, 3.63) is 36.9 Å². The van der Waals surface area contributed by atoms with Crippen LogP contribution in [0.5, 0.6) is 0 Å². The van der Waals surface area contributed by atoms with Crippen molar-refractivity contribution >= 4 is 12.6 Å². The Hall–Kier alpha value is -1.000. The second-order valence-corrected chi connectivity index (χ2v) is 9.49. The fraction of sp³-hybridized carbons (Fsp3) is 0.467. The van der Waals surface area contributed by atoms with E-state index < -0.39 is 7.26 Å². The van der Waals surface area contributed by atoms with Gasteiger partial charge in [0, 0.05) is 33.3 Å². The molecule has 22 heavy (non-hydrogen) atoms. The van der Waals surface area contributed by atoms with E-state index in [4.69, 9.17) is 0 Å². The lowest BCUT2D eigenvalue weighted by Gasteiger charge is -2.24. The molecule has 0 atom stereocenters. The van der Waals surface area contributed by atoms with Crippen LogP contribution in [-0.2, 0) is 0 Å². The van der Waals surface area contributed by atoms with E-state index in [1.165, 1.54) is 11.6 Å². The van der Waals surface area contributed by atoms with E-state index in [-0.39, 0.29) is 25.6 Å². The molecule has 0 saturated heterocycles. The fourth-order valence-electron chi connectivity index (χ4n) is 2.64. The Morgan fingerprint density at radius 2 is 1.73 bits per heavy atom. The normalized spacial score (nSPS) is 11.2. The summed E-state index contributed by atoms with van der Waals surface area (Å²) >= 11 is 0. The summed E-state index contributed by atoms with van der Waals surface area (Å²) in [7, 11) is -1.44. The maximum atomic E-state index is 9.20. The van der Waals surface area contributed by atoms with Crippen molar-refractivity contribution in [1.82, 2.24) is 14.8 Å². The zero-order valence-corrected chi connectivity index (χ0v) is 14.4. The Kier molecular flexibility index (Phi) is 7.97. The van der Waals surface area contributed by atoms with Gasteiger partial charge in [-0.25, -0.2) is 9.67 Å². The van der Waals surface area contributed by atoms with Crippen LogP contribution in [-0.4, -0.2) is 57.2 Å². The third-order valence-corrected chi connectivity index (χ3v) is 7.90. The highest BCUT2D eigenvalue weighted by Crippen LogP contribution is 2.55. The Labute approximate surface area is 138 Å². The molecule has 2 aromatic rings. The number of hydrogen-bond acceptors (Lipinski definition) is 4. The van der Waals surface area contributed by atoms with E-state index in [0.717, 1.165) is 30.9 Å². The minimum atomic E-state index is -1.44. The Morgan fingerprint density at radius 3 is 2.27 bits per heavy atom. The molecule has 0 fully saturated rings. The number of rotatable bonds is 8. The van der Waals surface area contributed by atoms with Gasteiger partial charge >= 0.3 is 0 Å². The molecule has 0 aliphatic carbocycles. The highest BCUT2D eigenvalue weighted by atomic mass is 35.5. The summed E-state index contributed by atoms with van der Waals surface area (Å²) in [4.78, 5) is 4.03. The van der Waals surface area contributed by atoms with Crippen LogP contribution in [0.3, 0.4) is 0 Å². The van der Waals surface area contributed by atoms with Crippen molar-refractivity contribution in [2.45, 2.75) is 12.8 Å². The van der Waals surface area contributed by atoms with Crippen LogP contribution in [0.25, 0.3) is 5.69 Å². The van der Waals surface area contributed by atoms with Crippen LogP contribution >= 0.6 is 7.26 Å². The van der Waals surface area contributed by atoms with Crippen molar-refractivity contribution in [2.75, 3.05) is 32.2 Å². The first-order valence-corrected chi connectivity index (χ1v) is 9.83. The van der Waals surface area contributed by atoms with Crippen LogP contribution in [0.2, 0.25) is 0 Å². The molecule has 7 heteroatoms. The average molecular weight is 344 g/mol. The third-order valence-electron chi connectivity index (χ3n) is 3.75. The molecule has 0 spiro atoms. The van der Waals surface area contributed by atoms with Crippen LogP contribution in [0.15, 0.2) is 36.9 Å². The Morgan fingerprint density at radius 1 is 1.09 bits per heavy atom. The SMILES string of the molecule is C[P+](CCCO)(CCCO)c1ccccc1-n1cncn1.[Cl-]. The molecule has 0 saturated carbocycles. The van der Waals surface area contributed by atoms with Gasteiger partial charge in [-0.05, 0) is 12.1 Å². The second-order valence-electron chi connectivity index (χ2n) is 5.33. The molecule has 0 amide bonds. The van der Waals surface area contributed by atoms with Crippen LogP contribution < -0.4 is 17.7 Å². The standard InChI is InChI=1S/C15H23N3O2P.ClH/c1-21(10-4-8-19,11-5-9-20)15-7-3-2-6-14(15)18-13-16-12-17-18;/h2-3,6-7,12-13,19-20H,4-5,8-11H2,1H3;1H/q+1;/p-1. The first kappa shape index (κ1) is 19.0. The monoisotopic (exact) mass is 343 g/mol. The number of aromatic nitrogens is 3. The minimum Gasteiger partial charge on any atom is -1.00 e. The maximum Gasteiger partial charge on any atom is 0.138 e. The van der Waals surface area contributed by atoms with Gasteiger partial charge in [-0.1, -0.05) is 12.1 Å². The molecule has 5 nitrogen and oxygen atoms in total. The predicted octanol–water partition coefficient (Wildman–Crippen LogP) is -1.69. The Balaban J connectivity index is 0.00000242. The first-order chi connectivity index (χ1) is 10.2. The molecule has 0 unspecified atom stereocenters. The van der Waals surface area contributed by atoms with Gasteiger partial charge < -0.3 is 22.6 Å². The van der Waals surface area contributed by atoms with Crippen molar-refractivity contribution < 1.29 is 22.6 Å². The largest absolute Gasteiger partial charge is 1.00 e. The van der Waals surface area contributed by atoms with Crippen LogP contribution in [0.1, 0.15) is 12.8 Å². The maximum absolute atomic E-state index is 9.20. The molecular formula is C15H23ClN3O2P. The molecule has 2 rings (SSSR count). The van der Waals surface area contributed by atoms with Gasteiger partial charge in [-0.2, -0.15) is 5.10 Å². The first-order valence-electron chi connectivity index (χ1n) is 7.22. The zero-order valence-electron chi connectivity index (χ0n) is 12.8. The van der Waals surface area contributed by atoms with E-state index >= 15 is 0 Å². The van der Waals surface area contributed by atoms with Gasteiger partial charge in [0.05, 0.1) is 19.0 Å². The summed E-state index contributed by atoms with van der Waals surface area (Å²) in [6.45, 7) is 2.72. The van der Waals surface area contributed by atoms with Crippen molar-refractivity contribution in [1.29, 1.82) is 0 Å². The number of para-hydroxylation sites is 1. The number of aliphatic hydroxyl groups excluding tert-OH is 2. The molecule has 122 valence electrons. The third kappa shape index (κ3) is 4.50. The zero-order chi connectivity index (χ0) is 15.1.